The number of terminal acetylenes is 1. The van der Waals surface area contributed by atoms with Crippen molar-refractivity contribution >= 4 is 5.57 Å². The summed E-state index contributed by atoms with van der Waals surface area (Å²) in [6.45, 7) is 4.30. The van der Waals surface area contributed by atoms with Gasteiger partial charge >= 0.3 is 0 Å². The monoisotopic (exact) mass is 194 g/mol. The van der Waals surface area contributed by atoms with Crippen LogP contribution in [0.1, 0.15) is 30.9 Å². The third-order valence-corrected chi connectivity index (χ3v) is 3.03. The molecular weight excluding hydrogens is 180 g/mol. The van der Waals surface area contributed by atoms with Gasteiger partial charge in [-0.15, -0.1) is 6.42 Å². The zero-order valence-corrected chi connectivity index (χ0v) is 9.12. The van der Waals surface area contributed by atoms with E-state index in [0.717, 1.165) is 0 Å². The van der Waals surface area contributed by atoms with Crippen LogP contribution < -0.4 is 0 Å². The first-order valence-electron chi connectivity index (χ1n) is 5.21. The van der Waals surface area contributed by atoms with Crippen molar-refractivity contribution in [1.29, 1.82) is 0 Å². The number of benzene rings is 1. The molecule has 74 valence electrons. The number of hydrogen-bond acceptors (Lipinski definition) is 0. The van der Waals surface area contributed by atoms with Gasteiger partial charge in [0.05, 0.1) is 0 Å². The molecule has 0 radical (unpaired) electrons. The van der Waals surface area contributed by atoms with E-state index < -0.39 is 0 Å². The van der Waals surface area contributed by atoms with Crippen LogP contribution in [0.4, 0.5) is 0 Å². The normalized spacial score (nSPS) is 24.2. The lowest BCUT2D eigenvalue weighted by atomic mass is 9.99. The van der Waals surface area contributed by atoms with E-state index in [9.17, 15) is 0 Å². The minimum atomic E-state index is 0.464. The van der Waals surface area contributed by atoms with E-state index in [1.165, 1.54) is 22.3 Å². The Morgan fingerprint density at radius 1 is 1.33 bits per heavy atom. The third kappa shape index (κ3) is 1.41. The van der Waals surface area contributed by atoms with Crippen LogP contribution in [0.25, 0.3) is 5.57 Å². The molecule has 15 heavy (non-hydrogen) atoms. The van der Waals surface area contributed by atoms with Crippen molar-refractivity contribution in [2.75, 3.05) is 0 Å². The Morgan fingerprint density at radius 3 is 2.73 bits per heavy atom. The van der Waals surface area contributed by atoms with E-state index in [4.69, 9.17) is 6.42 Å². The van der Waals surface area contributed by atoms with Crippen LogP contribution in [0.15, 0.2) is 42.0 Å². The van der Waals surface area contributed by atoms with Crippen LogP contribution >= 0.6 is 0 Å². The van der Waals surface area contributed by atoms with Gasteiger partial charge in [-0.05, 0) is 35.3 Å². The lowest BCUT2D eigenvalue weighted by Gasteiger charge is -2.05. The molecule has 0 aliphatic heterocycles. The Bertz CT molecular complexity index is 481. The van der Waals surface area contributed by atoms with E-state index >= 15 is 0 Å². The summed E-state index contributed by atoms with van der Waals surface area (Å²) in [6, 6.07) is 8.47. The fourth-order valence-corrected chi connectivity index (χ4v) is 2.33. The summed E-state index contributed by atoms with van der Waals surface area (Å²) >= 11 is 0. The Balaban J connectivity index is 2.68. The maximum atomic E-state index is 5.37. The molecule has 1 aliphatic rings. The maximum Gasteiger partial charge on any atom is 0.00702 e. The highest BCUT2D eigenvalue weighted by atomic mass is 14.3. The first kappa shape index (κ1) is 9.80. The van der Waals surface area contributed by atoms with Crippen molar-refractivity contribution in [2.24, 2.45) is 0 Å². The van der Waals surface area contributed by atoms with E-state index in [-0.39, 0.29) is 0 Å². The van der Waals surface area contributed by atoms with Crippen molar-refractivity contribution < 1.29 is 0 Å². The van der Waals surface area contributed by atoms with Gasteiger partial charge in [0.2, 0.25) is 0 Å². The van der Waals surface area contributed by atoms with E-state index in [2.05, 4.69) is 50.1 Å². The fourth-order valence-electron chi connectivity index (χ4n) is 2.33. The van der Waals surface area contributed by atoms with Gasteiger partial charge in [-0.2, -0.15) is 0 Å². The lowest BCUT2D eigenvalue weighted by Crippen LogP contribution is -1.88. The van der Waals surface area contributed by atoms with Gasteiger partial charge < -0.3 is 0 Å². The van der Waals surface area contributed by atoms with Crippen LogP contribution in [0.2, 0.25) is 0 Å². The zero-order valence-electron chi connectivity index (χ0n) is 9.12. The maximum absolute atomic E-state index is 5.37. The molecule has 0 amide bonds. The summed E-state index contributed by atoms with van der Waals surface area (Å²) in [4.78, 5) is 0. The van der Waals surface area contributed by atoms with Crippen molar-refractivity contribution in [2.45, 2.75) is 19.8 Å². The largest absolute Gasteiger partial charge is 0.115 e. The number of allylic oxidation sites excluding steroid dienone is 4. The molecular formula is C15H14. The second-order valence-electron chi connectivity index (χ2n) is 3.78. The Kier molecular flexibility index (Phi) is 2.47. The average molecular weight is 194 g/mol. The predicted octanol–water partition coefficient (Wildman–Crippen LogP) is 3.77. The molecule has 0 bridgehead atoms. The molecule has 1 unspecified atom stereocenters. The minimum Gasteiger partial charge on any atom is -0.115 e. The molecule has 0 saturated carbocycles. The summed E-state index contributed by atoms with van der Waals surface area (Å²) in [6.07, 6.45) is 9.41. The standard InChI is InChI=1S/C15H14/c1-4-8-14-12(5-2)11(3)13-9-6-7-10-15(13)14/h1,5-11H,2-3H3/b12-5-,14-8+. The second-order valence-corrected chi connectivity index (χ2v) is 3.78. The first-order chi connectivity index (χ1) is 7.29. The van der Waals surface area contributed by atoms with Crippen molar-refractivity contribution in [1.82, 2.24) is 0 Å². The first-order valence-corrected chi connectivity index (χ1v) is 5.21. The molecule has 0 aromatic heterocycles. The highest BCUT2D eigenvalue weighted by Crippen LogP contribution is 2.44. The topological polar surface area (TPSA) is 0 Å². The SMILES string of the molecule is C#C/C=C1\C(=C/C)C(C)c2ccccc21. The smallest absolute Gasteiger partial charge is 0.00702 e. The summed E-state index contributed by atoms with van der Waals surface area (Å²) in [5.74, 6) is 3.10. The minimum absolute atomic E-state index is 0.464. The Morgan fingerprint density at radius 2 is 2.07 bits per heavy atom. The molecule has 1 atom stereocenters. The van der Waals surface area contributed by atoms with Gasteiger partial charge in [0.1, 0.15) is 0 Å². The van der Waals surface area contributed by atoms with Gasteiger partial charge in [-0.1, -0.05) is 43.2 Å². The van der Waals surface area contributed by atoms with Crippen molar-refractivity contribution in [3.8, 4) is 12.3 Å². The van der Waals surface area contributed by atoms with E-state index in [1.54, 1.807) is 0 Å². The van der Waals surface area contributed by atoms with Crippen LogP contribution in [0.5, 0.6) is 0 Å². The van der Waals surface area contributed by atoms with Gasteiger partial charge in [0.15, 0.2) is 0 Å². The van der Waals surface area contributed by atoms with Gasteiger partial charge in [-0.25, -0.2) is 0 Å². The van der Waals surface area contributed by atoms with E-state index in [0.29, 0.717) is 5.92 Å². The van der Waals surface area contributed by atoms with E-state index in [1.807, 2.05) is 6.08 Å². The summed E-state index contributed by atoms with van der Waals surface area (Å²) in [7, 11) is 0. The lowest BCUT2D eigenvalue weighted by molar-refractivity contribution is 0.955. The fraction of sp³-hybridized carbons (Fsp3) is 0.200. The zero-order chi connectivity index (χ0) is 10.8. The van der Waals surface area contributed by atoms with Crippen LogP contribution in [-0.2, 0) is 0 Å². The Labute approximate surface area is 91.3 Å². The molecule has 2 rings (SSSR count). The Hall–Kier alpha value is -1.74. The molecule has 0 heterocycles. The number of rotatable bonds is 0. The molecule has 0 spiro atoms. The highest BCUT2D eigenvalue weighted by Gasteiger charge is 2.26. The molecule has 1 aromatic carbocycles. The molecule has 1 aliphatic carbocycles. The van der Waals surface area contributed by atoms with Crippen LogP contribution in [-0.4, -0.2) is 0 Å². The molecule has 1 aromatic rings. The predicted molar refractivity (Wildman–Crippen MR) is 65.4 cm³/mol. The second kappa shape index (κ2) is 3.79. The average Bonchev–Trinajstić information content (AvgIpc) is 2.54. The molecule has 0 heteroatoms. The van der Waals surface area contributed by atoms with Gasteiger partial charge in [0, 0.05) is 5.92 Å². The summed E-state index contributed by atoms with van der Waals surface area (Å²) in [5.41, 5.74) is 5.22. The van der Waals surface area contributed by atoms with Crippen LogP contribution in [0, 0.1) is 12.3 Å². The van der Waals surface area contributed by atoms with Gasteiger partial charge in [0.25, 0.3) is 0 Å². The quantitative estimate of drug-likeness (QED) is 0.551. The van der Waals surface area contributed by atoms with Gasteiger partial charge in [-0.3, -0.25) is 0 Å². The summed E-state index contributed by atoms with van der Waals surface area (Å²) in [5, 5.41) is 0. The number of hydrogen-bond donors (Lipinski definition) is 0. The van der Waals surface area contributed by atoms with Crippen molar-refractivity contribution in [3.05, 3.63) is 53.1 Å². The summed E-state index contributed by atoms with van der Waals surface area (Å²) < 4.78 is 0. The molecule has 0 nitrogen and oxygen atoms in total. The third-order valence-electron chi connectivity index (χ3n) is 3.03. The molecule has 0 saturated heterocycles. The molecule has 0 N–H and O–H groups in total. The highest BCUT2D eigenvalue weighted by molar-refractivity contribution is 5.88. The van der Waals surface area contributed by atoms with Crippen LogP contribution in [0.3, 0.4) is 0 Å². The van der Waals surface area contributed by atoms with Crippen molar-refractivity contribution in [3.63, 3.8) is 0 Å². The number of fused-ring (bicyclic) bond motifs is 1. The molecule has 0 fully saturated rings.